The fraction of sp³-hybridized carbons (Fsp3) is 0.227. The highest BCUT2D eigenvalue weighted by atomic mass is 35.5. The summed E-state index contributed by atoms with van der Waals surface area (Å²) in [6, 6.07) is 8.28. The van der Waals surface area contributed by atoms with Crippen molar-refractivity contribution in [1.82, 2.24) is 10.1 Å². The molecule has 0 aliphatic heterocycles. The number of benzene rings is 2. The van der Waals surface area contributed by atoms with E-state index >= 15 is 0 Å². The Kier molecular flexibility index (Phi) is 7.69. The van der Waals surface area contributed by atoms with Gasteiger partial charge in [0.05, 0.1) is 25.8 Å². The normalized spacial score (nSPS) is 12.7. The molecule has 180 valence electrons. The van der Waals surface area contributed by atoms with Gasteiger partial charge in [0.2, 0.25) is 11.6 Å². The number of carbonyl (C=O) groups excluding carboxylic acids is 1. The first kappa shape index (κ1) is 24.9. The third-order valence-corrected chi connectivity index (χ3v) is 5.31. The highest BCUT2D eigenvalue weighted by Gasteiger charge is 2.30. The number of methoxy groups -OCH3 is 1. The minimum atomic E-state index is -1.99. The number of halogens is 3. The van der Waals surface area contributed by atoms with E-state index in [9.17, 15) is 33.4 Å². The van der Waals surface area contributed by atoms with Crippen LogP contribution in [0, 0.1) is 11.6 Å². The second-order valence-electron chi connectivity index (χ2n) is 7.19. The van der Waals surface area contributed by atoms with Crippen molar-refractivity contribution in [2.75, 3.05) is 7.11 Å². The van der Waals surface area contributed by atoms with E-state index in [4.69, 9.17) is 16.1 Å². The Morgan fingerprint density at radius 3 is 2.53 bits per heavy atom. The van der Waals surface area contributed by atoms with E-state index in [2.05, 4.69) is 10.1 Å². The predicted molar refractivity (Wildman–Crippen MR) is 115 cm³/mol. The molecular formula is C22H19ClF2N2O7. The van der Waals surface area contributed by atoms with Crippen molar-refractivity contribution >= 4 is 23.5 Å². The maximum absolute atomic E-state index is 14.2. The lowest BCUT2D eigenvalue weighted by molar-refractivity contribution is -0.148. The summed E-state index contributed by atoms with van der Waals surface area (Å²) in [5, 5.41) is 21.8. The highest BCUT2D eigenvalue weighted by molar-refractivity contribution is 6.31. The Hall–Kier alpha value is -3.70. The molecule has 12 heteroatoms. The molecular weight excluding hydrogens is 478 g/mol. The molecule has 34 heavy (non-hydrogen) atoms. The fourth-order valence-electron chi connectivity index (χ4n) is 3.15. The number of nitrogens with one attached hydrogen (secondary N) is 1. The fourth-order valence-corrected chi connectivity index (χ4v) is 3.36. The maximum Gasteiger partial charge on any atom is 0.334 e. The van der Waals surface area contributed by atoms with Gasteiger partial charge in [-0.15, -0.1) is 0 Å². The van der Waals surface area contributed by atoms with Crippen molar-refractivity contribution in [3.05, 3.63) is 86.4 Å². The van der Waals surface area contributed by atoms with Crippen molar-refractivity contribution in [1.29, 1.82) is 0 Å². The number of ether oxygens (including phenoxy) is 1. The number of aliphatic hydroxyl groups excluding tert-OH is 1. The molecule has 1 heterocycles. The number of carbonyl (C=O) groups is 2. The average Bonchev–Trinajstić information content (AvgIpc) is 3.17. The quantitative estimate of drug-likeness (QED) is 0.414. The summed E-state index contributed by atoms with van der Waals surface area (Å²) < 4.78 is 38.6. The molecule has 1 amide bonds. The van der Waals surface area contributed by atoms with Crippen LogP contribution in [0.1, 0.15) is 21.7 Å². The number of hydrogen-bond donors (Lipinski definition) is 3. The SMILES string of the molecule is COc1ccc(Cn2oc(C(=O)N[C@H](Cc3ccccc3Cl)[C@@H](O)C(=O)O)cc2=O)c(F)c1F. The van der Waals surface area contributed by atoms with E-state index < -0.39 is 53.5 Å². The number of carboxylic acid groups (broad SMARTS) is 1. The molecule has 0 fully saturated rings. The van der Waals surface area contributed by atoms with E-state index in [1.807, 2.05) is 0 Å². The molecule has 3 aromatic rings. The van der Waals surface area contributed by atoms with Gasteiger partial charge in [-0.2, -0.15) is 9.13 Å². The Morgan fingerprint density at radius 2 is 1.88 bits per heavy atom. The molecule has 0 spiro atoms. The van der Waals surface area contributed by atoms with Crippen molar-refractivity contribution < 1.29 is 37.8 Å². The van der Waals surface area contributed by atoms with Gasteiger partial charge in [0.1, 0.15) is 0 Å². The first-order valence-electron chi connectivity index (χ1n) is 9.79. The zero-order valence-corrected chi connectivity index (χ0v) is 18.4. The van der Waals surface area contributed by atoms with Crippen LogP contribution in [0.3, 0.4) is 0 Å². The molecule has 0 aliphatic carbocycles. The van der Waals surface area contributed by atoms with E-state index in [0.717, 1.165) is 6.07 Å². The number of rotatable bonds is 9. The largest absolute Gasteiger partial charge is 0.494 e. The molecule has 3 N–H and O–H groups in total. The van der Waals surface area contributed by atoms with Gasteiger partial charge in [-0.3, -0.25) is 9.59 Å². The van der Waals surface area contributed by atoms with Crippen LogP contribution >= 0.6 is 11.6 Å². The highest BCUT2D eigenvalue weighted by Crippen LogP contribution is 2.23. The first-order valence-corrected chi connectivity index (χ1v) is 10.2. The minimum Gasteiger partial charge on any atom is -0.494 e. The summed E-state index contributed by atoms with van der Waals surface area (Å²) in [6.45, 7) is -0.528. The number of amides is 1. The van der Waals surface area contributed by atoms with Crippen molar-refractivity contribution in [3.8, 4) is 5.75 Å². The lowest BCUT2D eigenvalue weighted by Gasteiger charge is -2.21. The number of aliphatic carboxylic acids is 1. The summed E-state index contributed by atoms with van der Waals surface area (Å²) in [6.07, 6.45) is -2.13. The van der Waals surface area contributed by atoms with E-state index in [-0.39, 0.29) is 17.7 Å². The van der Waals surface area contributed by atoms with Crippen molar-refractivity contribution in [2.45, 2.75) is 25.1 Å². The third kappa shape index (κ3) is 5.43. The van der Waals surface area contributed by atoms with E-state index in [1.54, 1.807) is 24.3 Å². The molecule has 0 aliphatic rings. The van der Waals surface area contributed by atoms with Gasteiger partial charge in [0, 0.05) is 10.6 Å². The summed E-state index contributed by atoms with van der Waals surface area (Å²) >= 11 is 6.08. The van der Waals surface area contributed by atoms with Crippen LogP contribution in [0.2, 0.25) is 5.02 Å². The topological polar surface area (TPSA) is 131 Å². The maximum atomic E-state index is 14.2. The van der Waals surface area contributed by atoms with Crippen LogP contribution in [-0.4, -0.2) is 46.1 Å². The number of nitrogens with zero attached hydrogens (tertiary/aromatic N) is 1. The van der Waals surface area contributed by atoms with Crippen molar-refractivity contribution in [3.63, 3.8) is 0 Å². The standard InChI is InChI=1S/C22H19ClF2N2O7/c1-33-15-7-6-12(18(24)19(15)25)10-27-17(28)9-16(34-27)21(30)26-14(20(29)22(31)32)8-11-4-2-3-5-13(11)23/h2-7,9,14,20,29H,8,10H2,1H3,(H,26,30)(H,31,32)/t14-,20-/m1/s1. The Bertz CT molecular complexity index is 1270. The van der Waals surface area contributed by atoms with Gasteiger partial charge in [0.25, 0.3) is 11.5 Å². The average molecular weight is 497 g/mol. The molecule has 0 bridgehead atoms. The van der Waals surface area contributed by atoms with Crippen LogP contribution in [0.15, 0.2) is 51.8 Å². The minimum absolute atomic E-state index is 0.139. The summed E-state index contributed by atoms with van der Waals surface area (Å²) in [5.74, 6) is -5.94. The van der Waals surface area contributed by atoms with Crippen LogP contribution in [0.5, 0.6) is 5.75 Å². The number of carboxylic acids is 1. The molecule has 2 atom stereocenters. The molecule has 9 nitrogen and oxygen atoms in total. The molecule has 0 saturated heterocycles. The molecule has 0 unspecified atom stereocenters. The monoisotopic (exact) mass is 496 g/mol. The molecule has 0 saturated carbocycles. The van der Waals surface area contributed by atoms with E-state index in [0.29, 0.717) is 15.3 Å². The summed E-state index contributed by atoms with van der Waals surface area (Å²) in [4.78, 5) is 36.2. The Morgan fingerprint density at radius 1 is 1.18 bits per heavy atom. The molecule has 3 rings (SSSR count). The van der Waals surface area contributed by atoms with Gasteiger partial charge in [-0.1, -0.05) is 35.9 Å². The zero-order chi connectivity index (χ0) is 25.0. The van der Waals surface area contributed by atoms with Crippen molar-refractivity contribution in [2.24, 2.45) is 0 Å². The molecule has 0 radical (unpaired) electrons. The van der Waals surface area contributed by atoms with Crippen LogP contribution in [-0.2, 0) is 17.8 Å². The number of aromatic nitrogens is 1. The third-order valence-electron chi connectivity index (χ3n) is 4.94. The Balaban J connectivity index is 1.82. The Labute approximate surface area is 196 Å². The second kappa shape index (κ2) is 10.5. The van der Waals surface area contributed by atoms with Crippen LogP contribution in [0.4, 0.5) is 8.78 Å². The molecule has 2 aromatic carbocycles. The lowest BCUT2D eigenvalue weighted by Crippen LogP contribution is -2.48. The van der Waals surface area contributed by atoms with Gasteiger partial charge in [-0.25, -0.2) is 9.18 Å². The smallest absolute Gasteiger partial charge is 0.334 e. The lowest BCUT2D eigenvalue weighted by atomic mass is 10.0. The summed E-state index contributed by atoms with van der Waals surface area (Å²) in [5.41, 5.74) is -0.604. The zero-order valence-electron chi connectivity index (χ0n) is 17.6. The van der Waals surface area contributed by atoms with E-state index in [1.165, 1.54) is 19.2 Å². The van der Waals surface area contributed by atoms with Gasteiger partial charge < -0.3 is 24.8 Å². The second-order valence-corrected chi connectivity index (χ2v) is 7.60. The number of hydrogen-bond acceptors (Lipinski definition) is 6. The predicted octanol–water partition coefficient (Wildman–Crippen LogP) is 2.22. The first-order chi connectivity index (χ1) is 16.1. The van der Waals surface area contributed by atoms with Crippen LogP contribution in [0.25, 0.3) is 0 Å². The van der Waals surface area contributed by atoms with Gasteiger partial charge in [0.15, 0.2) is 17.7 Å². The van der Waals surface area contributed by atoms with Crippen LogP contribution < -0.4 is 15.6 Å². The number of aliphatic hydroxyl groups is 1. The molecule has 1 aromatic heterocycles. The van der Waals surface area contributed by atoms with Gasteiger partial charge >= 0.3 is 5.97 Å². The summed E-state index contributed by atoms with van der Waals surface area (Å²) in [7, 11) is 1.17. The van der Waals surface area contributed by atoms with Gasteiger partial charge in [-0.05, 0) is 24.1 Å².